The molecule has 86 valence electrons. The summed E-state index contributed by atoms with van der Waals surface area (Å²) in [6, 6.07) is 0.253. The predicted octanol–water partition coefficient (Wildman–Crippen LogP) is 1.23. The molecule has 3 N–H and O–H groups in total. The molecular weight excluding hydrogens is 188 g/mol. The average molecular weight is 210 g/mol. The summed E-state index contributed by atoms with van der Waals surface area (Å²) in [4.78, 5) is 4.32. The summed E-state index contributed by atoms with van der Waals surface area (Å²) >= 11 is 0. The van der Waals surface area contributed by atoms with E-state index in [0.29, 0.717) is 0 Å². The van der Waals surface area contributed by atoms with Gasteiger partial charge in [0, 0.05) is 31.9 Å². The zero-order chi connectivity index (χ0) is 11.5. The number of nitrogens with zero attached hydrogens (tertiary/aromatic N) is 2. The van der Waals surface area contributed by atoms with Crippen LogP contribution in [-0.2, 0) is 13.5 Å². The van der Waals surface area contributed by atoms with Crippen molar-refractivity contribution in [3.63, 3.8) is 0 Å². The van der Waals surface area contributed by atoms with E-state index in [9.17, 15) is 0 Å². The fraction of sp³-hybridized carbons (Fsp3) is 0.727. The van der Waals surface area contributed by atoms with Crippen molar-refractivity contribution in [2.24, 2.45) is 18.3 Å². The molecule has 0 bridgehead atoms. The van der Waals surface area contributed by atoms with Crippen LogP contribution in [0.15, 0.2) is 12.4 Å². The van der Waals surface area contributed by atoms with Gasteiger partial charge < -0.3 is 4.57 Å². The zero-order valence-electron chi connectivity index (χ0n) is 10.1. The molecule has 0 fully saturated rings. The molecule has 0 saturated carbocycles. The minimum absolute atomic E-state index is 0.181. The number of nitrogens with one attached hydrogen (secondary N) is 1. The smallest absolute Gasteiger partial charge is 0.109 e. The molecule has 0 aliphatic heterocycles. The van der Waals surface area contributed by atoms with Crippen molar-refractivity contribution in [3.05, 3.63) is 18.2 Å². The average Bonchev–Trinajstić information content (AvgIpc) is 2.60. The molecule has 0 radical (unpaired) electrons. The van der Waals surface area contributed by atoms with Crippen molar-refractivity contribution in [1.29, 1.82) is 0 Å². The summed E-state index contributed by atoms with van der Waals surface area (Å²) < 4.78 is 2.04. The summed E-state index contributed by atoms with van der Waals surface area (Å²) in [5.41, 5.74) is 3.09. The first-order valence-corrected chi connectivity index (χ1v) is 5.43. The van der Waals surface area contributed by atoms with Gasteiger partial charge in [0.25, 0.3) is 0 Å². The largest absolute Gasteiger partial charge is 0.338 e. The van der Waals surface area contributed by atoms with Crippen LogP contribution in [0.3, 0.4) is 0 Å². The molecule has 0 aliphatic carbocycles. The number of nitrogens with two attached hydrogens (primary N) is 1. The molecule has 1 unspecified atom stereocenters. The van der Waals surface area contributed by atoms with Crippen molar-refractivity contribution in [3.8, 4) is 0 Å². The quantitative estimate of drug-likeness (QED) is 0.568. The Bertz CT molecular complexity index is 303. The highest BCUT2D eigenvalue weighted by Crippen LogP contribution is 2.26. The maximum atomic E-state index is 5.61. The van der Waals surface area contributed by atoms with E-state index in [1.165, 1.54) is 0 Å². The van der Waals surface area contributed by atoms with Gasteiger partial charge in [-0.1, -0.05) is 20.8 Å². The van der Waals surface area contributed by atoms with Gasteiger partial charge in [-0.3, -0.25) is 11.3 Å². The van der Waals surface area contributed by atoms with Crippen LogP contribution in [0, 0.1) is 5.41 Å². The van der Waals surface area contributed by atoms with Crippen LogP contribution >= 0.6 is 0 Å². The lowest BCUT2D eigenvalue weighted by Gasteiger charge is -2.32. The Morgan fingerprint density at radius 1 is 1.60 bits per heavy atom. The third-order valence-corrected chi connectivity index (χ3v) is 3.36. The Morgan fingerprint density at radius 2 is 2.27 bits per heavy atom. The summed E-state index contributed by atoms with van der Waals surface area (Å²) in [6.07, 6.45) is 5.73. The lowest BCUT2D eigenvalue weighted by atomic mass is 9.80. The molecule has 1 heterocycles. The van der Waals surface area contributed by atoms with Crippen LogP contribution in [0.4, 0.5) is 0 Å². The number of imidazole rings is 1. The zero-order valence-corrected chi connectivity index (χ0v) is 10.1. The first-order chi connectivity index (χ1) is 7.01. The van der Waals surface area contributed by atoms with Crippen molar-refractivity contribution in [2.45, 2.75) is 39.7 Å². The lowest BCUT2D eigenvalue weighted by Crippen LogP contribution is -2.47. The molecule has 4 heteroatoms. The molecule has 1 atom stereocenters. The monoisotopic (exact) mass is 210 g/mol. The molecule has 0 aromatic carbocycles. The highest BCUT2D eigenvalue weighted by atomic mass is 15.2. The Labute approximate surface area is 91.8 Å². The maximum absolute atomic E-state index is 5.61. The number of hydrogen-bond donors (Lipinski definition) is 2. The summed E-state index contributed by atoms with van der Waals surface area (Å²) in [6.45, 7) is 6.63. The van der Waals surface area contributed by atoms with Gasteiger partial charge in [0.1, 0.15) is 5.82 Å². The highest BCUT2D eigenvalue weighted by Gasteiger charge is 2.27. The fourth-order valence-corrected chi connectivity index (χ4v) is 1.58. The molecule has 0 amide bonds. The second-order valence-electron chi connectivity index (χ2n) is 4.72. The number of aromatic nitrogens is 2. The van der Waals surface area contributed by atoms with Crippen molar-refractivity contribution >= 4 is 0 Å². The standard InChI is InChI=1S/C11H22N4/c1-5-11(2,3)9(14-12)8-10-13-6-7-15(10)4/h6-7,9,14H,5,8,12H2,1-4H3. The molecule has 1 aromatic rings. The SMILES string of the molecule is CCC(C)(C)C(Cc1nccn1C)NN. The number of hydrazine groups is 1. The highest BCUT2D eigenvalue weighted by molar-refractivity contribution is 4.97. The lowest BCUT2D eigenvalue weighted by molar-refractivity contribution is 0.228. The molecule has 1 aromatic heterocycles. The van der Waals surface area contributed by atoms with Gasteiger partial charge in [-0.05, 0) is 11.8 Å². The van der Waals surface area contributed by atoms with E-state index in [0.717, 1.165) is 18.7 Å². The van der Waals surface area contributed by atoms with Gasteiger partial charge in [0.05, 0.1) is 0 Å². The van der Waals surface area contributed by atoms with Gasteiger partial charge in [-0.15, -0.1) is 0 Å². The third kappa shape index (κ3) is 2.79. The van der Waals surface area contributed by atoms with Crippen molar-refractivity contribution in [2.75, 3.05) is 0 Å². The summed E-state index contributed by atoms with van der Waals surface area (Å²) in [5, 5.41) is 0. The summed E-state index contributed by atoms with van der Waals surface area (Å²) in [7, 11) is 2.01. The van der Waals surface area contributed by atoms with Gasteiger partial charge in [-0.2, -0.15) is 0 Å². The van der Waals surface area contributed by atoms with E-state index in [2.05, 4.69) is 31.2 Å². The summed E-state index contributed by atoms with van der Waals surface area (Å²) in [5.74, 6) is 6.68. The van der Waals surface area contributed by atoms with Crippen LogP contribution < -0.4 is 11.3 Å². The van der Waals surface area contributed by atoms with Gasteiger partial charge in [-0.25, -0.2) is 4.98 Å². The van der Waals surface area contributed by atoms with E-state index in [-0.39, 0.29) is 11.5 Å². The fourth-order valence-electron chi connectivity index (χ4n) is 1.58. The van der Waals surface area contributed by atoms with Gasteiger partial charge in [0.15, 0.2) is 0 Å². The Hall–Kier alpha value is -0.870. The minimum Gasteiger partial charge on any atom is -0.338 e. The molecular formula is C11H22N4. The normalized spacial score (nSPS) is 14.2. The first kappa shape index (κ1) is 12.2. The second kappa shape index (κ2) is 4.77. The number of rotatable bonds is 5. The van der Waals surface area contributed by atoms with Crippen LogP contribution in [0.5, 0.6) is 0 Å². The van der Waals surface area contributed by atoms with Crippen LogP contribution in [0.25, 0.3) is 0 Å². The maximum Gasteiger partial charge on any atom is 0.109 e. The molecule has 15 heavy (non-hydrogen) atoms. The Balaban J connectivity index is 2.74. The Morgan fingerprint density at radius 3 is 2.67 bits per heavy atom. The number of hydrogen-bond acceptors (Lipinski definition) is 3. The molecule has 1 rings (SSSR count). The van der Waals surface area contributed by atoms with Crippen LogP contribution in [0.1, 0.15) is 33.0 Å². The van der Waals surface area contributed by atoms with Crippen molar-refractivity contribution < 1.29 is 0 Å². The topological polar surface area (TPSA) is 55.9 Å². The third-order valence-electron chi connectivity index (χ3n) is 3.36. The van der Waals surface area contributed by atoms with E-state index in [1.807, 2.05) is 24.0 Å². The van der Waals surface area contributed by atoms with E-state index >= 15 is 0 Å². The first-order valence-electron chi connectivity index (χ1n) is 5.43. The Kier molecular flexibility index (Phi) is 3.88. The molecule has 0 saturated heterocycles. The minimum atomic E-state index is 0.181. The number of aryl methyl sites for hydroxylation is 1. The van der Waals surface area contributed by atoms with Crippen LogP contribution in [0.2, 0.25) is 0 Å². The van der Waals surface area contributed by atoms with Gasteiger partial charge >= 0.3 is 0 Å². The molecule has 0 spiro atoms. The molecule has 0 aliphatic rings. The molecule has 4 nitrogen and oxygen atoms in total. The van der Waals surface area contributed by atoms with Gasteiger partial charge in [0.2, 0.25) is 0 Å². The predicted molar refractivity (Wildman–Crippen MR) is 62.1 cm³/mol. The van der Waals surface area contributed by atoms with Crippen molar-refractivity contribution in [1.82, 2.24) is 15.0 Å². The van der Waals surface area contributed by atoms with Crippen LogP contribution in [-0.4, -0.2) is 15.6 Å². The van der Waals surface area contributed by atoms with E-state index < -0.39 is 0 Å². The van der Waals surface area contributed by atoms with E-state index in [1.54, 1.807) is 0 Å². The van der Waals surface area contributed by atoms with E-state index in [4.69, 9.17) is 5.84 Å². The second-order valence-corrected chi connectivity index (χ2v) is 4.72.